The van der Waals surface area contributed by atoms with Gasteiger partial charge >= 0.3 is 0 Å². The Morgan fingerprint density at radius 2 is 2.00 bits per heavy atom. The predicted octanol–water partition coefficient (Wildman–Crippen LogP) is 2.96. The van der Waals surface area contributed by atoms with Crippen molar-refractivity contribution in [2.45, 2.75) is 0 Å². The van der Waals surface area contributed by atoms with Crippen molar-refractivity contribution in [3.8, 4) is 0 Å². The van der Waals surface area contributed by atoms with Crippen molar-refractivity contribution in [3.05, 3.63) is 42.1 Å². The van der Waals surface area contributed by atoms with Gasteiger partial charge in [0.25, 0.3) is 0 Å². The highest BCUT2D eigenvalue weighted by molar-refractivity contribution is 7.17. The molecule has 0 nitrogen and oxygen atoms in total. The van der Waals surface area contributed by atoms with Crippen molar-refractivity contribution < 1.29 is 0 Å². The lowest BCUT2D eigenvalue weighted by atomic mass is 10.2. The molecule has 0 saturated heterocycles. The summed E-state index contributed by atoms with van der Waals surface area (Å²) >= 11 is 1.69. The van der Waals surface area contributed by atoms with Gasteiger partial charge in [-0.25, -0.2) is 0 Å². The van der Waals surface area contributed by atoms with E-state index in [1.165, 1.54) is 10.1 Å². The lowest BCUT2D eigenvalue weighted by molar-refractivity contribution is 1.80. The largest absolute Gasteiger partial charge is 0.144 e. The molecule has 2 radical (unpaired) electrons. The summed E-state index contributed by atoms with van der Waals surface area (Å²) in [5, 5.41) is 3.15. The molecular formula is C9H6S. The van der Waals surface area contributed by atoms with Crippen LogP contribution in [-0.4, -0.2) is 0 Å². The maximum Gasteiger partial charge on any atom is 0.0345 e. The van der Waals surface area contributed by atoms with Gasteiger partial charge in [-0.3, -0.25) is 0 Å². The highest BCUT2D eigenvalue weighted by Gasteiger charge is 1.95. The summed E-state index contributed by atoms with van der Waals surface area (Å²) in [6.07, 6.45) is 0. The molecule has 48 valence electrons. The summed E-state index contributed by atoms with van der Waals surface area (Å²) in [4.78, 5) is 0. The van der Waals surface area contributed by atoms with Crippen LogP contribution in [0, 0.1) is 6.92 Å². The van der Waals surface area contributed by atoms with E-state index in [2.05, 4.69) is 6.07 Å². The Kier molecular flexibility index (Phi) is 1.24. The molecule has 0 fully saturated rings. The second-order valence-corrected chi connectivity index (χ2v) is 3.10. The molecule has 1 aromatic heterocycles. The molecule has 0 saturated carbocycles. The molecule has 2 rings (SSSR count). The molecule has 0 N–H and O–H groups in total. The molecule has 1 aromatic carbocycles. The van der Waals surface area contributed by atoms with Crippen molar-refractivity contribution in [2.75, 3.05) is 0 Å². The van der Waals surface area contributed by atoms with Crippen LogP contribution >= 0.6 is 11.3 Å². The Morgan fingerprint density at radius 3 is 2.80 bits per heavy atom. The van der Waals surface area contributed by atoms with Crippen LogP contribution in [0.15, 0.2) is 29.6 Å². The second-order valence-electron chi connectivity index (χ2n) is 2.19. The van der Waals surface area contributed by atoms with Gasteiger partial charge in [0.15, 0.2) is 0 Å². The Bertz CT molecular complexity index is 346. The molecule has 0 aliphatic carbocycles. The fourth-order valence-electron chi connectivity index (χ4n) is 0.998. The Hall–Kier alpha value is -0.820. The summed E-state index contributed by atoms with van der Waals surface area (Å²) in [6, 6.07) is 8.15. The third kappa shape index (κ3) is 0.745. The smallest absolute Gasteiger partial charge is 0.0345 e. The quantitative estimate of drug-likeness (QED) is 0.536. The van der Waals surface area contributed by atoms with Gasteiger partial charge in [-0.2, -0.15) is 0 Å². The van der Waals surface area contributed by atoms with Crippen molar-refractivity contribution in [1.82, 2.24) is 0 Å². The summed E-state index contributed by atoms with van der Waals surface area (Å²) < 4.78 is 1.26. The highest BCUT2D eigenvalue weighted by atomic mass is 32.1. The lowest BCUT2D eigenvalue weighted by Crippen LogP contribution is -1.63. The summed E-state index contributed by atoms with van der Waals surface area (Å²) in [5.41, 5.74) is 0.889. The van der Waals surface area contributed by atoms with E-state index in [4.69, 9.17) is 6.92 Å². The summed E-state index contributed by atoms with van der Waals surface area (Å²) in [6.45, 7) is 5.69. The second kappa shape index (κ2) is 2.10. The minimum absolute atomic E-state index is 0.889. The van der Waals surface area contributed by atoms with E-state index in [0.29, 0.717) is 0 Å². The molecule has 0 atom stereocenters. The number of thiophene rings is 1. The Balaban J connectivity index is 2.93. The van der Waals surface area contributed by atoms with Gasteiger partial charge in [-0.1, -0.05) is 18.2 Å². The van der Waals surface area contributed by atoms with Crippen LogP contribution in [0.3, 0.4) is 0 Å². The van der Waals surface area contributed by atoms with Crippen molar-refractivity contribution in [1.29, 1.82) is 0 Å². The minimum Gasteiger partial charge on any atom is -0.144 e. The molecule has 10 heavy (non-hydrogen) atoms. The van der Waals surface area contributed by atoms with Crippen LogP contribution in [0.1, 0.15) is 5.56 Å². The van der Waals surface area contributed by atoms with E-state index in [0.717, 1.165) is 5.56 Å². The van der Waals surface area contributed by atoms with E-state index in [1.807, 2.05) is 23.6 Å². The zero-order valence-electron chi connectivity index (χ0n) is 5.37. The third-order valence-corrected chi connectivity index (χ3v) is 2.49. The minimum atomic E-state index is 0.889. The predicted molar refractivity (Wildman–Crippen MR) is 45.2 cm³/mol. The molecule has 0 unspecified atom stereocenters. The molecule has 0 bridgehead atoms. The average Bonchev–Trinajstić information content (AvgIpc) is 2.34. The van der Waals surface area contributed by atoms with Crippen molar-refractivity contribution >= 4 is 21.4 Å². The van der Waals surface area contributed by atoms with Crippen LogP contribution in [-0.2, 0) is 0 Å². The molecule has 0 aliphatic heterocycles. The number of hydrogen-bond acceptors (Lipinski definition) is 1. The van der Waals surface area contributed by atoms with Crippen LogP contribution < -0.4 is 0 Å². The van der Waals surface area contributed by atoms with Gasteiger partial charge in [0.05, 0.1) is 0 Å². The molecule has 0 aliphatic rings. The number of fused-ring (bicyclic) bond motifs is 1. The Morgan fingerprint density at radius 1 is 1.20 bits per heavy atom. The van der Waals surface area contributed by atoms with E-state index in [-0.39, 0.29) is 0 Å². The van der Waals surface area contributed by atoms with Crippen molar-refractivity contribution in [3.63, 3.8) is 0 Å². The maximum absolute atomic E-state index is 5.69. The summed E-state index contributed by atoms with van der Waals surface area (Å²) in [7, 11) is 0. The molecular weight excluding hydrogens is 140 g/mol. The topological polar surface area (TPSA) is 0 Å². The zero-order valence-corrected chi connectivity index (χ0v) is 6.19. The number of hydrogen-bond donors (Lipinski definition) is 0. The summed E-state index contributed by atoms with van der Waals surface area (Å²) in [5.74, 6) is 0. The van der Waals surface area contributed by atoms with Crippen LogP contribution in [0.2, 0.25) is 0 Å². The van der Waals surface area contributed by atoms with E-state index in [1.54, 1.807) is 11.3 Å². The molecule has 0 spiro atoms. The van der Waals surface area contributed by atoms with Gasteiger partial charge in [-0.15, -0.1) is 11.3 Å². The number of rotatable bonds is 0. The first-order valence-corrected chi connectivity index (χ1v) is 3.97. The standard InChI is InChI=1S/C9H6S/c1-7-6-10-9-5-3-2-4-8(7)9/h1-6H. The lowest BCUT2D eigenvalue weighted by Gasteiger charge is -1.86. The van der Waals surface area contributed by atoms with Crippen LogP contribution in [0.5, 0.6) is 0 Å². The molecule has 1 heterocycles. The molecule has 2 aromatic rings. The first-order chi connectivity index (χ1) is 4.88. The fourth-order valence-corrected chi connectivity index (χ4v) is 1.85. The SMILES string of the molecule is [CH]c1csc2ccccc12. The average molecular weight is 146 g/mol. The van der Waals surface area contributed by atoms with Gasteiger partial charge < -0.3 is 0 Å². The van der Waals surface area contributed by atoms with Gasteiger partial charge in [0, 0.05) is 11.6 Å². The first-order valence-electron chi connectivity index (χ1n) is 3.09. The number of benzene rings is 1. The third-order valence-electron chi connectivity index (χ3n) is 1.51. The fraction of sp³-hybridized carbons (Fsp3) is 0. The molecule has 1 heteroatoms. The monoisotopic (exact) mass is 146 g/mol. The van der Waals surface area contributed by atoms with E-state index >= 15 is 0 Å². The van der Waals surface area contributed by atoms with Gasteiger partial charge in [0.2, 0.25) is 0 Å². The van der Waals surface area contributed by atoms with E-state index in [9.17, 15) is 0 Å². The Labute approximate surface area is 64.1 Å². The highest BCUT2D eigenvalue weighted by Crippen LogP contribution is 2.24. The molecule has 0 amide bonds. The van der Waals surface area contributed by atoms with Gasteiger partial charge in [0.1, 0.15) is 0 Å². The van der Waals surface area contributed by atoms with Gasteiger partial charge in [-0.05, 0) is 22.4 Å². The van der Waals surface area contributed by atoms with Crippen LogP contribution in [0.4, 0.5) is 0 Å². The maximum atomic E-state index is 5.69. The first kappa shape index (κ1) is 5.93. The zero-order chi connectivity index (χ0) is 6.97. The normalized spacial score (nSPS) is 10.5. The van der Waals surface area contributed by atoms with E-state index < -0.39 is 0 Å². The van der Waals surface area contributed by atoms with Crippen molar-refractivity contribution in [2.24, 2.45) is 0 Å². The van der Waals surface area contributed by atoms with Crippen LogP contribution in [0.25, 0.3) is 10.1 Å².